The minimum atomic E-state index is -0.202. The van der Waals surface area contributed by atoms with Gasteiger partial charge in [-0.3, -0.25) is 4.79 Å². The van der Waals surface area contributed by atoms with Crippen molar-refractivity contribution in [1.29, 1.82) is 0 Å². The molecule has 136 valence electrons. The maximum Gasteiger partial charge on any atom is 0.248 e. The normalized spacial score (nSPS) is 11.1. The number of carbonyl (C=O) groups excluding carboxylic acids is 1. The van der Waals surface area contributed by atoms with Gasteiger partial charge in [0.25, 0.3) is 0 Å². The fourth-order valence-corrected chi connectivity index (χ4v) is 2.91. The van der Waals surface area contributed by atoms with Crippen molar-refractivity contribution in [1.82, 2.24) is 30.2 Å². The van der Waals surface area contributed by atoms with Gasteiger partial charge in [-0.2, -0.15) is 4.80 Å². The van der Waals surface area contributed by atoms with E-state index >= 15 is 0 Å². The number of imidazole rings is 1. The van der Waals surface area contributed by atoms with Crippen molar-refractivity contribution < 1.29 is 4.79 Å². The number of hydrogen-bond acceptors (Lipinski definition) is 5. The molecule has 0 bridgehead atoms. The topological polar surface area (TPSA) is 101 Å². The molecule has 2 aromatic carbocycles. The maximum atomic E-state index is 12.3. The van der Waals surface area contributed by atoms with Crippen molar-refractivity contribution in [3.05, 3.63) is 53.3 Å². The van der Waals surface area contributed by atoms with E-state index in [0.29, 0.717) is 5.82 Å². The summed E-state index contributed by atoms with van der Waals surface area (Å²) in [6, 6.07) is 11.5. The zero-order valence-electron chi connectivity index (χ0n) is 15.3. The predicted octanol–water partition coefficient (Wildman–Crippen LogP) is 2.78. The number of anilines is 1. The third kappa shape index (κ3) is 3.41. The van der Waals surface area contributed by atoms with E-state index in [1.54, 1.807) is 0 Å². The predicted molar refractivity (Wildman–Crippen MR) is 102 cm³/mol. The van der Waals surface area contributed by atoms with Crippen LogP contribution in [-0.4, -0.2) is 36.1 Å². The summed E-state index contributed by atoms with van der Waals surface area (Å²) in [4.78, 5) is 21.2. The van der Waals surface area contributed by atoms with Gasteiger partial charge < -0.3 is 10.3 Å². The first-order valence-electron chi connectivity index (χ1n) is 8.60. The molecule has 2 N–H and O–H groups in total. The lowest BCUT2D eigenvalue weighted by Crippen LogP contribution is -2.21. The second-order valence-corrected chi connectivity index (χ2v) is 6.49. The Morgan fingerprint density at radius 3 is 2.89 bits per heavy atom. The van der Waals surface area contributed by atoms with Gasteiger partial charge in [0.05, 0.1) is 11.0 Å². The van der Waals surface area contributed by atoms with Gasteiger partial charge in [0, 0.05) is 11.3 Å². The highest BCUT2D eigenvalue weighted by Gasteiger charge is 2.12. The first-order chi connectivity index (χ1) is 13.0. The van der Waals surface area contributed by atoms with Gasteiger partial charge in [-0.25, -0.2) is 4.98 Å². The number of benzene rings is 2. The number of carbonyl (C=O) groups is 1. The molecule has 0 saturated carbocycles. The second-order valence-electron chi connectivity index (χ2n) is 6.49. The fourth-order valence-electron chi connectivity index (χ4n) is 2.91. The molecule has 27 heavy (non-hydrogen) atoms. The molecule has 1 amide bonds. The van der Waals surface area contributed by atoms with Gasteiger partial charge in [0.2, 0.25) is 11.7 Å². The average Bonchev–Trinajstić information content (AvgIpc) is 3.23. The number of nitrogens with one attached hydrogen (secondary N) is 2. The molecular formula is C19H19N7O. The number of aromatic nitrogens is 6. The molecule has 4 rings (SSSR count). The Bertz CT molecular complexity index is 1140. The lowest BCUT2D eigenvalue weighted by molar-refractivity contribution is -0.117. The fraction of sp³-hybridized carbons (Fsp3) is 0.211. The van der Waals surface area contributed by atoms with Crippen LogP contribution in [0.3, 0.4) is 0 Å². The number of hydrogen-bond donors (Lipinski definition) is 2. The van der Waals surface area contributed by atoms with E-state index in [1.165, 1.54) is 4.80 Å². The molecule has 0 unspecified atom stereocenters. The number of rotatable bonds is 4. The summed E-state index contributed by atoms with van der Waals surface area (Å²) in [7, 11) is 0. The lowest BCUT2D eigenvalue weighted by atomic mass is 10.1. The largest absolute Gasteiger partial charge is 0.342 e. The molecule has 0 radical (unpaired) electrons. The number of nitrogens with zero attached hydrogens (tertiary/aromatic N) is 5. The third-order valence-corrected chi connectivity index (χ3v) is 4.48. The molecule has 2 aromatic heterocycles. The molecule has 8 nitrogen and oxygen atoms in total. The molecule has 0 aliphatic heterocycles. The lowest BCUT2D eigenvalue weighted by Gasteiger charge is -2.09. The second kappa shape index (κ2) is 6.64. The summed E-state index contributed by atoms with van der Waals surface area (Å²) in [5.41, 5.74) is 5.57. The smallest absolute Gasteiger partial charge is 0.248 e. The van der Waals surface area contributed by atoms with Crippen LogP contribution < -0.4 is 5.32 Å². The highest BCUT2D eigenvalue weighted by molar-refractivity contribution is 5.91. The van der Waals surface area contributed by atoms with E-state index in [9.17, 15) is 4.79 Å². The average molecular weight is 361 g/mol. The molecule has 0 fully saturated rings. The molecule has 8 heteroatoms. The van der Waals surface area contributed by atoms with Crippen LogP contribution in [0.15, 0.2) is 36.4 Å². The van der Waals surface area contributed by atoms with Crippen LogP contribution >= 0.6 is 0 Å². The molecule has 0 aliphatic rings. The third-order valence-electron chi connectivity index (χ3n) is 4.48. The van der Waals surface area contributed by atoms with Crippen LogP contribution in [0.5, 0.6) is 0 Å². The van der Waals surface area contributed by atoms with Crippen molar-refractivity contribution in [2.75, 3.05) is 5.32 Å². The molecule has 0 saturated heterocycles. The molecule has 0 aliphatic carbocycles. The Morgan fingerprint density at radius 1 is 1.19 bits per heavy atom. The van der Waals surface area contributed by atoms with E-state index < -0.39 is 0 Å². The van der Waals surface area contributed by atoms with Crippen LogP contribution in [0.4, 0.5) is 5.69 Å². The van der Waals surface area contributed by atoms with Crippen molar-refractivity contribution in [2.45, 2.75) is 27.3 Å². The van der Waals surface area contributed by atoms with Crippen molar-refractivity contribution in [3.8, 4) is 11.4 Å². The first kappa shape index (κ1) is 16.9. The Hall–Kier alpha value is -3.55. The Labute approximate surface area is 155 Å². The van der Waals surface area contributed by atoms with Crippen LogP contribution in [0, 0.1) is 20.8 Å². The maximum absolute atomic E-state index is 12.3. The van der Waals surface area contributed by atoms with E-state index in [-0.39, 0.29) is 12.5 Å². The molecular weight excluding hydrogens is 342 g/mol. The quantitative estimate of drug-likeness (QED) is 0.582. The van der Waals surface area contributed by atoms with Crippen LogP contribution in [0.2, 0.25) is 0 Å². The monoisotopic (exact) mass is 361 g/mol. The SMILES string of the molecule is Cc1nc2ccc(-c3nnn(CC(=O)Nc4cccc(C)c4C)n3)cc2[nH]1. The summed E-state index contributed by atoms with van der Waals surface area (Å²) < 4.78 is 0. The number of H-pyrrole nitrogens is 1. The number of aryl methyl sites for hydroxylation is 2. The van der Waals surface area contributed by atoms with Crippen molar-refractivity contribution in [2.24, 2.45) is 0 Å². The Balaban J connectivity index is 1.50. The summed E-state index contributed by atoms with van der Waals surface area (Å²) in [5, 5.41) is 15.3. The van der Waals surface area contributed by atoms with Gasteiger partial charge in [0.1, 0.15) is 12.4 Å². The zero-order valence-corrected chi connectivity index (χ0v) is 15.3. The molecule has 0 atom stereocenters. The van der Waals surface area contributed by atoms with Crippen molar-refractivity contribution in [3.63, 3.8) is 0 Å². The Morgan fingerprint density at radius 2 is 2.04 bits per heavy atom. The standard InChI is InChI=1S/C19H19N7O/c1-11-5-4-6-15(12(11)2)22-18(27)10-26-24-19(23-25-26)14-7-8-16-17(9-14)21-13(3)20-16/h4-9H,10H2,1-3H3,(H,20,21)(H,22,27). The Kier molecular flexibility index (Phi) is 4.15. The highest BCUT2D eigenvalue weighted by Crippen LogP contribution is 2.20. The number of tetrazole rings is 1. The van der Waals surface area contributed by atoms with Crippen LogP contribution in [0.1, 0.15) is 17.0 Å². The van der Waals surface area contributed by atoms with Gasteiger partial charge in [-0.1, -0.05) is 12.1 Å². The zero-order chi connectivity index (χ0) is 19.0. The number of aromatic amines is 1. The van der Waals surface area contributed by atoms with Gasteiger partial charge >= 0.3 is 0 Å². The van der Waals surface area contributed by atoms with E-state index in [1.807, 2.05) is 57.2 Å². The number of amides is 1. The summed E-state index contributed by atoms with van der Waals surface area (Å²) in [6.45, 7) is 5.88. The van der Waals surface area contributed by atoms with Crippen LogP contribution in [-0.2, 0) is 11.3 Å². The minimum Gasteiger partial charge on any atom is -0.342 e. The van der Waals surface area contributed by atoms with E-state index in [0.717, 1.165) is 39.2 Å². The summed E-state index contributed by atoms with van der Waals surface area (Å²) in [5.74, 6) is 1.11. The van der Waals surface area contributed by atoms with Crippen LogP contribution in [0.25, 0.3) is 22.4 Å². The molecule has 2 heterocycles. The summed E-state index contributed by atoms with van der Waals surface area (Å²) >= 11 is 0. The molecule has 0 spiro atoms. The van der Waals surface area contributed by atoms with Gasteiger partial charge in [-0.15, -0.1) is 10.2 Å². The number of fused-ring (bicyclic) bond motifs is 1. The van der Waals surface area contributed by atoms with Crippen molar-refractivity contribution >= 4 is 22.6 Å². The van der Waals surface area contributed by atoms with Gasteiger partial charge in [-0.05, 0) is 61.4 Å². The first-order valence-corrected chi connectivity index (χ1v) is 8.60. The highest BCUT2D eigenvalue weighted by atomic mass is 16.2. The van der Waals surface area contributed by atoms with E-state index in [4.69, 9.17) is 0 Å². The van der Waals surface area contributed by atoms with Gasteiger partial charge in [0.15, 0.2) is 0 Å². The molecule has 4 aromatic rings. The van der Waals surface area contributed by atoms with E-state index in [2.05, 4.69) is 30.7 Å². The summed E-state index contributed by atoms with van der Waals surface area (Å²) in [6.07, 6.45) is 0. The minimum absolute atomic E-state index is 0.00814.